The molecule has 5 heteroatoms. The van der Waals surface area contributed by atoms with Crippen LogP contribution in [0.1, 0.15) is 33.1 Å². The van der Waals surface area contributed by atoms with E-state index in [0.717, 1.165) is 12.8 Å². The summed E-state index contributed by atoms with van der Waals surface area (Å²) in [5, 5.41) is 0. The first-order chi connectivity index (χ1) is 7.65. The van der Waals surface area contributed by atoms with E-state index < -0.39 is 18.0 Å². The van der Waals surface area contributed by atoms with Crippen LogP contribution in [-0.4, -0.2) is 38.4 Å². The first-order valence-corrected chi connectivity index (χ1v) is 5.50. The fraction of sp³-hybridized carbons (Fsp3) is 0.818. The molecule has 0 heterocycles. The van der Waals surface area contributed by atoms with Crippen molar-refractivity contribution in [2.45, 2.75) is 39.2 Å². The van der Waals surface area contributed by atoms with E-state index in [1.807, 2.05) is 6.92 Å². The molecular weight excluding hydrogens is 212 g/mol. The van der Waals surface area contributed by atoms with Gasteiger partial charge < -0.3 is 14.2 Å². The highest BCUT2D eigenvalue weighted by molar-refractivity contribution is 5.88. The highest BCUT2D eigenvalue weighted by atomic mass is 16.6. The minimum absolute atomic E-state index is 0.224. The van der Waals surface area contributed by atoms with Crippen LogP contribution in [0.3, 0.4) is 0 Å². The summed E-state index contributed by atoms with van der Waals surface area (Å²) in [4.78, 5) is 22.5. The minimum atomic E-state index is -0.686. The van der Waals surface area contributed by atoms with Gasteiger partial charge in [-0.15, -0.1) is 0 Å². The number of hydrogen-bond donors (Lipinski definition) is 0. The summed E-state index contributed by atoms with van der Waals surface area (Å²) in [6.45, 7) is 4.01. The number of hydrogen-bond acceptors (Lipinski definition) is 5. The average Bonchev–Trinajstić information content (AvgIpc) is 2.24. The molecule has 0 aliphatic rings. The second kappa shape index (κ2) is 9.30. The molecule has 0 aliphatic heterocycles. The van der Waals surface area contributed by atoms with Gasteiger partial charge in [-0.05, 0) is 13.3 Å². The molecule has 5 nitrogen and oxygen atoms in total. The summed E-state index contributed by atoms with van der Waals surface area (Å²) in [6.07, 6.45) is 1.75. The maximum atomic E-state index is 11.5. The van der Waals surface area contributed by atoms with Gasteiger partial charge in [0.15, 0.2) is 6.10 Å². The monoisotopic (exact) mass is 232 g/mol. The molecule has 0 bridgehead atoms. The third-order valence-electron chi connectivity index (χ3n) is 1.93. The molecule has 0 rings (SSSR count). The van der Waals surface area contributed by atoms with E-state index in [9.17, 15) is 9.59 Å². The maximum absolute atomic E-state index is 11.5. The summed E-state index contributed by atoms with van der Waals surface area (Å²) in [7, 11) is 1.36. The molecule has 1 unspecified atom stereocenters. The molecule has 16 heavy (non-hydrogen) atoms. The highest BCUT2D eigenvalue weighted by Gasteiger charge is 2.22. The second-order valence-electron chi connectivity index (χ2n) is 3.31. The highest BCUT2D eigenvalue weighted by Crippen LogP contribution is 2.07. The van der Waals surface area contributed by atoms with Crippen LogP contribution in [0.5, 0.6) is 0 Å². The van der Waals surface area contributed by atoms with Gasteiger partial charge in [0, 0.05) is 13.7 Å². The third kappa shape index (κ3) is 6.53. The molecule has 0 aliphatic carbocycles. The van der Waals surface area contributed by atoms with E-state index in [-0.39, 0.29) is 6.61 Å². The SMILES string of the molecule is CCCCC(OCC)C(=O)OC(=O)COC. The van der Waals surface area contributed by atoms with Gasteiger partial charge in [0.1, 0.15) is 6.61 Å². The van der Waals surface area contributed by atoms with Gasteiger partial charge in [0.25, 0.3) is 0 Å². The Bertz CT molecular complexity index is 214. The van der Waals surface area contributed by atoms with Crippen LogP contribution in [0.25, 0.3) is 0 Å². The molecule has 0 aromatic carbocycles. The minimum Gasteiger partial charge on any atom is -0.389 e. The Morgan fingerprint density at radius 2 is 1.94 bits per heavy atom. The fourth-order valence-corrected chi connectivity index (χ4v) is 1.19. The van der Waals surface area contributed by atoms with Gasteiger partial charge in [0.05, 0.1) is 0 Å². The molecule has 0 spiro atoms. The number of unbranched alkanes of at least 4 members (excludes halogenated alkanes) is 1. The first-order valence-electron chi connectivity index (χ1n) is 5.50. The third-order valence-corrected chi connectivity index (χ3v) is 1.93. The van der Waals surface area contributed by atoms with Crippen molar-refractivity contribution in [3.63, 3.8) is 0 Å². The molecule has 0 radical (unpaired) electrons. The Morgan fingerprint density at radius 3 is 2.44 bits per heavy atom. The van der Waals surface area contributed by atoms with E-state index >= 15 is 0 Å². The molecule has 0 aromatic heterocycles. The van der Waals surface area contributed by atoms with Crippen molar-refractivity contribution in [1.29, 1.82) is 0 Å². The van der Waals surface area contributed by atoms with Crippen molar-refractivity contribution < 1.29 is 23.8 Å². The zero-order valence-electron chi connectivity index (χ0n) is 10.2. The lowest BCUT2D eigenvalue weighted by atomic mass is 10.1. The molecule has 0 N–H and O–H groups in total. The van der Waals surface area contributed by atoms with Crippen LogP contribution >= 0.6 is 0 Å². The smallest absolute Gasteiger partial charge is 0.342 e. The summed E-state index contributed by atoms with van der Waals surface area (Å²) < 4.78 is 14.3. The lowest BCUT2D eigenvalue weighted by Crippen LogP contribution is -2.30. The topological polar surface area (TPSA) is 61.8 Å². The van der Waals surface area contributed by atoms with Gasteiger partial charge in [-0.25, -0.2) is 9.59 Å². The zero-order chi connectivity index (χ0) is 12.4. The van der Waals surface area contributed by atoms with Crippen molar-refractivity contribution in [2.75, 3.05) is 20.3 Å². The van der Waals surface area contributed by atoms with Crippen LogP contribution in [0.15, 0.2) is 0 Å². The van der Waals surface area contributed by atoms with Gasteiger partial charge in [-0.3, -0.25) is 0 Å². The van der Waals surface area contributed by atoms with Crippen molar-refractivity contribution in [2.24, 2.45) is 0 Å². The summed E-state index contributed by atoms with van der Waals surface area (Å²) in [5.74, 6) is -1.31. The summed E-state index contributed by atoms with van der Waals surface area (Å²) in [5.41, 5.74) is 0. The number of ether oxygens (including phenoxy) is 3. The normalized spacial score (nSPS) is 12.2. The van der Waals surface area contributed by atoms with E-state index in [0.29, 0.717) is 13.0 Å². The van der Waals surface area contributed by atoms with Crippen molar-refractivity contribution in [1.82, 2.24) is 0 Å². The van der Waals surface area contributed by atoms with Crippen LogP contribution in [0.4, 0.5) is 0 Å². The molecule has 94 valence electrons. The number of carbonyl (C=O) groups is 2. The van der Waals surface area contributed by atoms with E-state index in [2.05, 4.69) is 9.47 Å². The lowest BCUT2D eigenvalue weighted by Gasteiger charge is -2.14. The Morgan fingerprint density at radius 1 is 1.25 bits per heavy atom. The van der Waals surface area contributed by atoms with Crippen LogP contribution < -0.4 is 0 Å². The molecule has 0 amide bonds. The lowest BCUT2D eigenvalue weighted by molar-refractivity contribution is -0.170. The van der Waals surface area contributed by atoms with Gasteiger partial charge in [-0.2, -0.15) is 0 Å². The number of rotatable bonds is 8. The first kappa shape index (κ1) is 15.1. The Kier molecular flexibility index (Phi) is 8.75. The average molecular weight is 232 g/mol. The van der Waals surface area contributed by atoms with Gasteiger partial charge >= 0.3 is 11.9 Å². The molecule has 0 aromatic rings. The van der Waals surface area contributed by atoms with Crippen molar-refractivity contribution >= 4 is 11.9 Å². The van der Waals surface area contributed by atoms with Crippen LogP contribution in [0.2, 0.25) is 0 Å². The van der Waals surface area contributed by atoms with Crippen LogP contribution in [-0.2, 0) is 23.8 Å². The zero-order valence-corrected chi connectivity index (χ0v) is 10.2. The summed E-state index contributed by atoms with van der Waals surface area (Å²) >= 11 is 0. The van der Waals surface area contributed by atoms with E-state index in [1.54, 1.807) is 6.92 Å². The Balaban J connectivity index is 4.09. The van der Waals surface area contributed by atoms with Gasteiger partial charge in [0.2, 0.25) is 0 Å². The quantitative estimate of drug-likeness (QED) is 0.466. The Hall–Kier alpha value is -0.940. The van der Waals surface area contributed by atoms with E-state index in [1.165, 1.54) is 7.11 Å². The molecule has 0 saturated heterocycles. The molecular formula is C11H20O5. The van der Waals surface area contributed by atoms with Crippen LogP contribution in [0, 0.1) is 0 Å². The molecule has 0 fully saturated rings. The number of methoxy groups -OCH3 is 1. The van der Waals surface area contributed by atoms with Gasteiger partial charge in [-0.1, -0.05) is 19.8 Å². The predicted octanol–water partition coefficient (Wildman–Crippen LogP) is 1.30. The van der Waals surface area contributed by atoms with E-state index in [4.69, 9.17) is 4.74 Å². The standard InChI is InChI=1S/C11H20O5/c1-4-6-7-9(15-5-2)11(13)16-10(12)8-14-3/h9H,4-8H2,1-3H3. The number of carbonyl (C=O) groups excluding carboxylic acids is 2. The molecule has 0 saturated carbocycles. The number of esters is 2. The largest absolute Gasteiger partial charge is 0.389 e. The van der Waals surface area contributed by atoms with Crippen molar-refractivity contribution in [3.05, 3.63) is 0 Å². The second-order valence-corrected chi connectivity index (χ2v) is 3.31. The Labute approximate surface area is 96.1 Å². The predicted molar refractivity (Wildman–Crippen MR) is 57.9 cm³/mol. The maximum Gasteiger partial charge on any atom is 0.342 e. The molecule has 1 atom stereocenters. The van der Waals surface area contributed by atoms with Crippen molar-refractivity contribution in [3.8, 4) is 0 Å². The fourth-order valence-electron chi connectivity index (χ4n) is 1.19. The summed E-state index contributed by atoms with van der Waals surface area (Å²) in [6, 6.07) is 0.